The average Bonchev–Trinajstić information content (AvgIpc) is 2.88. The zero-order valence-electron chi connectivity index (χ0n) is 13.3. The fourth-order valence-corrected chi connectivity index (χ4v) is 1.98. The maximum Gasteiger partial charge on any atom is 0.165 e. The van der Waals surface area contributed by atoms with Crippen LogP contribution in [0.25, 0.3) is 11.2 Å². The van der Waals surface area contributed by atoms with Gasteiger partial charge < -0.3 is 9.30 Å². The van der Waals surface area contributed by atoms with Crippen molar-refractivity contribution in [1.82, 2.24) is 19.5 Å². The third-order valence-electron chi connectivity index (χ3n) is 3.24. The van der Waals surface area contributed by atoms with E-state index in [1.165, 1.54) is 0 Å². The molecule has 0 N–H and O–H groups in total. The summed E-state index contributed by atoms with van der Waals surface area (Å²) < 4.78 is 33.0. The van der Waals surface area contributed by atoms with Gasteiger partial charge in [-0.3, -0.25) is 4.90 Å². The number of hydrogen-bond acceptors (Lipinski definition) is 5. The highest BCUT2D eigenvalue weighted by Crippen LogP contribution is 2.27. The number of anilines is 1. The van der Waals surface area contributed by atoms with E-state index in [2.05, 4.69) is 15.0 Å². The van der Waals surface area contributed by atoms with Gasteiger partial charge in [0.05, 0.1) is 12.9 Å². The molecular weight excluding hydrogens is 292 g/mol. The van der Waals surface area contributed by atoms with Gasteiger partial charge in [0.25, 0.3) is 0 Å². The van der Waals surface area contributed by atoms with Crippen LogP contribution in [0.1, 0.15) is 26.6 Å². The van der Waals surface area contributed by atoms with Crippen LogP contribution in [-0.4, -0.2) is 46.8 Å². The molecule has 2 aromatic rings. The first-order valence-electron chi connectivity index (χ1n) is 7.01. The molecule has 0 amide bonds. The Kier molecular flexibility index (Phi) is 4.90. The summed E-state index contributed by atoms with van der Waals surface area (Å²) in [4.78, 5) is 14.0. The minimum absolute atomic E-state index is 0.177. The van der Waals surface area contributed by atoms with Crippen LogP contribution < -0.4 is 4.90 Å². The van der Waals surface area contributed by atoms with E-state index in [0.717, 1.165) is 4.90 Å². The molecule has 122 valence electrons. The van der Waals surface area contributed by atoms with Gasteiger partial charge in [-0.25, -0.2) is 23.7 Å². The van der Waals surface area contributed by atoms with Crippen molar-refractivity contribution in [3.05, 3.63) is 12.2 Å². The molecule has 0 saturated carbocycles. The van der Waals surface area contributed by atoms with Crippen molar-refractivity contribution >= 4 is 17.0 Å². The van der Waals surface area contributed by atoms with Crippen molar-refractivity contribution in [2.24, 2.45) is 0 Å². The Morgan fingerprint density at radius 2 is 1.91 bits per heavy atom. The van der Waals surface area contributed by atoms with Crippen LogP contribution in [0.5, 0.6) is 0 Å². The number of imidazole rings is 1. The van der Waals surface area contributed by atoms with E-state index >= 15 is 0 Å². The number of ether oxygens (including phenoxy) is 1. The number of alkyl halides is 2. The molecule has 0 radical (unpaired) electrons. The van der Waals surface area contributed by atoms with Gasteiger partial charge in [-0.15, -0.1) is 0 Å². The summed E-state index contributed by atoms with van der Waals surface area (Å²) in [7, 11) is 1.61. The normalized spacial score (nSPS) is 12.1. The van der Waals surface area contributed by atoms with Crippen molar-refractivity contribution in [1.29, 1.82) is 0 Å². The molecule has 0 aliphatic rings. The first-order chi connectivity index (χ1) is 10.4. The molecule has 0 unspecified atom stereocenters. The Labute approximate surface area is 128 Å². The third kappa shape index (κ3) is 3.16. The lowest BCUT2D eigenvalue weighted by Crippen LogP contribution is -2.25. The van der Waals surface area contributed by atoms with E-state index in [4.69, 9.17) is 4.74 Å². The highest BCUT2D eigenvalue weighted by atomic mass is 19.1. The van der Waals surface area contributed by atoms with Crippen LogP contribution in [0, 0.1) is 0 Å². The zero-order valence-corrected chi connectivity index (χ0v) is 13.3. The minimum Gasteiger partial charge on any atom is -0.383 e. The van der Waals surface area contributed by atoms with Gasteiger partial charge in [0.15, 0.2) is 30.6 Å². The minimum atomic E-state index is -0.975. The van der Waals surface area contributed by atoms with Gasteiger partial charge in [0.2, 0.25) is 0 Å². The molecule has 0 aromatic carbocycles. The quantitative estimate of drug-likeness (QED) is 0.767. The third-order valence-corrected chi connectivity index (χ3v) is 3.24. The highest BCUT2D eigenvalue weighted by molar-refractivity contribution is 5.83. The van der Waals surface area contributed by atoms with E-state index in [1.807, 2.05) is 20.8 Å². The van der Waals surface area contributed by atoms with Gasteiger partial charge in [-0.2, -0.15) is 0 Å². The largest absolute Gasteiger partial charge is 0.383 e. The molecule has 6 nitrogen and oxygen atoms in total. The molecule has 0 fully saturated rings. The number of hydrogen-bond donors (Lipinski definition) is 0. The van der Waals surface area contributed by atoms with Crippen LogP contribution in [-0.2, 0) is 16.7 Å². The Balaban J connectivity index is 2.63. The smallest absolute Gasteiger partial charge is 0.165 e. The molecule has 0 atom stereocenters. The molecule has 2 rings (SSSR count). The molecule has 0 saturated heterocycles. The van der Waals surface area contributed by atoms with Gasteiger partial charge in [-0.1, -0.05) is 20.8 Å². The molecule has 8 heteroatoms. The number of nitrogens with zero attached hydrogens (tertiary/aromatic N) is 5. The lowest BCUT2D eigenvalue weighted by Gasteiger charge is -2.21. The fraction of sp³-hybridized carbons (Fsp3) is 0.643. The molecule has 2 heterocycles. The lowest BCUT2D eigenvalue weighted by molar-refractivity contribution is 0.188. The second-order valence-electron chi connectivity index (χ2n) is 6.00. The van der Waals surface area contributed by atoms with Gasteiger partial charge in [0, 0.05) is 19.1 Å². The van der Waals surface area contributed by atoms with Crippen molar-refractivity contribution < 1.29 is 13.5 Å². The average molecular weight is 313 g/mol. The Bertz CT molecular complexity index is 634. The topological polar surface area (TPSA) is 56.1 Å². The number of fused-ring (bicyclic) bond motifs is 1. The second kappa shape index (κ2) is 6.51. The number of aromatic nitrogens is 4. The zero-order chi connectivity index (χ0) is 16.3. The van der Waals surface area contributed by atoms with Crippen molar-refractivity contribution in [3.63, 3.8) is 0 Å². The molecule has 22 heavy (non-hydrogen) atoms. The number of rotatable bonds is 6. The predicted octanol–water partition coefficient (Wildman–Crippen LogP) is 2.43. The monoisotopic (exact) mass is 313 g/mol. The molecule has 0 aliphatic heterocycles. The summed E-state index contributed by atoms with van der Waals surface area (Å²) in [5.74, 6) is 0.692. The predicted molar refractivity (Wildman–Crippen MR) is 80.3 cm³/mol. The van der Waals surface area contributed by atoms with Gasteiger partial charge >= 0.3 is 0 Å². The van der Waals surface area contributed by atoms with Crippen molar-refractivity contribution in [3.8, 4) is 0 Å². The summed E-state index contributed by atoms with van der Waals surface area (Å²) in [5.41, 5.74) is 0.593. The maximum atomic E-state index is 13.1. The van der Waals surface area contributed by atoms with Crippen LogP contribution >= 0.6 is 0 Å². The van der Waals surface area contributed by atoms with E-state index in [-0.39, 0.29) is 11.2 Å². The standard InChI is InChI=1S/C14H21F2N5O/c1-14(2,3)13-18-11-10(12(19-13)21(7-15)8-16)17-9-20(11)5-6-22-4/h9H,5-8H2,1-4H3. The fourth-order valence-electron chi connectivity index (χ4n) is 1.98. The first kappa shape index (κ1) is 16.5. The summed E-state index contributed by atoms with van der Waals surface area (Å²) >= 11 is 0. The van der Waals surface area contributed by atoms with Crippen molar-refractivity contribution in [2.75, 3.05) is 32.2 Å². The Hall–Kier alpha value is -1.83. The van der Waals surface area contributed by atoms with Gasteiger partial charge in [-0.05, 0) is 0 Å². The molecule has 2 aromatic heterocycles. The van der Waals surface area contributed by atoms with Gasteiger partial charge in [0.1, 0.15) is 5.82 Å². The number of halogens is 2. The summed E-state index contributed by atoms with van der Waals surface area (Å²) in [6.45, 7) is 4.94. The Morgan fingerprint density at radius 1 is 1.23 bits per heavy atom. The van der Waals surface area contributed by atoms with Crippen LogP contribution in [0.15, 0.2) is 6.33 Å². The second-order valence-corrected chi connectivity index (χ2v) is 6.00. The first-order valence-corrected chi connectivity index (χ1v) is 7.01. The number of methoxy groups -OCH3 is 1. The molecule has 0 spiro atoms. The Morgan fingerprint density at radius 3 is 2.45 bits per heavy atom. The van der Waals surface area contributed by atoms with Crippen LogP contribution in [0.4, 0.5) is 14.6 Å². The highest BCUT2D eigenvalue weighted by Gasteiger charge is 2.24. The lowest BCUT2D eigenvalue weighted by atomic mass is 9.96. The summed E-state index contributed by atoms with van der Waals surface area (Å²) in [5, 5.41) is 0. The van der Waals surface area contributed by atoms with Crippen LogP contribution in [0.3, 0.4) is 0 Å². The van der Waals surface area contributed by atoms with E-state index in [0.29, 0.717) is 30.1 Å². The van der Waals surface area contributed by atoms with Crippen molar-refractivity contribution in [2.45, 2.75) is 32.7 Å². The molecule has 0 bridgehead atoms. The maximum absolute atomic E-state index is 13.1. The van der Waals surface area contributed by atoms with E-state index in [9.17, 15) is 8.78 Å². The van der Waals surface area contributed by atoms with E-state index < -0.39 is 13.6 Å². The molecule has 0 aliphatic carbocycles. The van der Waals surface area contributed by atoms with E-state index in [1.54, 1.807) is 18.0 Å². The summed E-state index contributed by atoms with van der Waals surface area (Å²) in [6, 6.07) is 0. The SMILES string of the molecule is COCCn1cnc2c(N(CF)CF)nc(C(C)(C)C)nc21. The van der Waals surface area contributed by atoms with Crippen LogP contribution in [0.2, 0.25) is 0 Å². The summed E-state index contributed by atoms with van der Waals surface area (Å²) in [6.07, 6.45) is 1.59. The molecular formula is C14H21F2N5O.